The molecule has 7 heteroatoms. The molecule has 3 rings (SSSR count). The van der Waals surface area contributed by atoms with Crippen molar-refractivity contribution < 1.29 is 19.4 Å². The summed E-state index contributed by atoms with van der Waals surface area (Å²) >= 11 is 1.83. The van der Waals surface area contributed by atoms with E-state index in [2.05, 4.69) is 0 Å². The van der Waals surface area contributed by atoms with Crippen LogP contribution >= 0.6 is 11.8 Å². The van der Waals surface area contributed by atoms with Gasteiger partial charge in [0, 0.05) is 38.5 Å². The molecule has 0 unspecified atom stereocenters. The molecule has 2 aliphatic rings. The van der Waals surface area contributed by atoms with Crippen LogP contribution in [0.3, 0.4) is 0 Å². The van der Waals surface area contributed by atoms with Crippen LogP contribution in [0.4, 0.5) is 0 Å². The SMILES string of the molecule is CN(C)C(=O)CO[C@@H]1CSC2(C1)CN(C(=O)c1cccc(O)c1)C2. The lowest BCUT2D eigenvalue weighted by Gasteiger charge is -2.47. The van der Waals surface area contributed by atoms with Crippen LogP contribution in [0.2, 0.25) is 0 Å². The van der Waals surface area contributed by atoms with Crippen molar-refractivity contribution in [3.63, 3.8) is 0 Å². The Kier molecular flexibility index (Phi) is 4.73. The summed E-state index contributed by atoms with van der Waals surface area (Å²) in [5.74, 6) is 0.874. The van der Waals surface area contributed by atoms with E-state index in [4.69, 9.17) is 4.74 Å². The molecule has 24 heavy (non-hydrogen) atoms. The van der Waals surface area contributed by atoms with Crippen LogP contribution in [0, 0.1) is 0 Å². The molecule has 1 atom stereocenters. The van der Waals surface area contributed by atoms with Gasteiger partial charge in [0.25, 0.3) is 5.91 Å². The van der Waals surface area contributed by atoms with Gasteiger partial charge in [0.15, 0.2) is 0 Å². The van der Waals surface area contributed by atoms with Crippen molar-refractivity contribution in [2.24, 2.45) is 0 Å². The first-order chi connectivity index (χ1) is 11.4. The highest BCUT2D eigenvalue weighted by Gasteiger charge is 2.51. The Labute approximate surface area is 145 Å². The molecular weight excluding hydrogens is 328 g/mol. The summed E-state index contributed by atoms with van der Waals surface area (Å²) in [6.45, 7) is 1.49. The zero-order valence-electron chi connectivity index (χ0n) is 13.9. The first-order valence-electron chi connectivity index (χ1n) is 7.93. The van der Waals surface area contributed by atoms with Crippen LogP contribution in [-0.2, 0) is 9.53 Å². The third-order valence-corrected chi connectivity index (χ3v) is 6.03. The number of carbonyl (C=O) groups excluding carboxylic acids is 2. The average molecular weight is 350 g/mol. The summed E-state index contributed by atoms with van der Waals surface area (Å²) in [4.78, 5) is 27.3. The number of thioether (sulfide) groups is 1. The third kappa shape index (κ3) is 3.52. The van der Waals surface area contributed by atoms with Gasteiger partial charge in [0.2, 0.25) is 5.91 Å². The number of aromatic hydroxyl groups is 1. The van der Waals surface area contributed by atoms with Gasteiger partial charge in [-0.15, -0.1) is 11.8 Å². The highest BCUT2D eigenvalue weighted by molar-refractivity contribution is 8.01. The van der Waals surface area contributed by atoms with Crippen molar-refractivity contribution >= 4 is 23.6 Å². The molecular formula is C17H22N2O4S. The molecule has 1 N–H and O–H groups in total. The topological polar surface area (TPSA) is 70.1 Å². The van der Waals surface area contributed by atoms with Crippen LogP contribution in [0.1, 0.15) is 16.8 Å². The minimum Gasteiger partial charge on any atom is -0.508 e. The lowest BCUT2D eigenvalue weighted by Crippen LogP contribution is -2.60. The summed E-state index contributed by atoms with van der Waals surface area (Å²) in [7, 11) is 3.43. The van der Waals surface area contributed by atoms with Crippen LogP contribution in [0.25, 0.3) is 0 Å². The van der Waals surface area contributed by atoms with Crippen molar-refractivity contribution in [1.82, 2.24) is 9.80 Å². The lowest BCUT2D eigenvalue weighted by atomic mass is 9.92. The van der Waals surface area contributed by atoms with Crippen LogP contribution < -0.4 is 0 Å². The standard InChI is InChI=1S/C17H22N2O4S/c1-18(2)15(21)8-23-14-7-17(24-9-14)10-19(11-17)16(22)12-4-3-5-13(20)6-12/h3-6,14,20H,7-11H2,1-2H3/t14-/m0/s1. The highest BCUT2D eigenvalue weighted by Crippen LogP contribution is 2.46. The van der Waals surface area contributed by atoms with Crippen molar-refractivity contribution in [1.29, 1.82) is 0 Å². The van der Waals surface area contributed by atoms with E-state index in [1.54, 1.807) is 37.2 Å². The molecule has 0 bridgehead atoms. The number of benzene rings is 1. The Bertz CT molecular complexity index is 643. The molecule has 0 aromatic heterocycles. The maximum Gasteiger partial charge on any atom is 0.254 e. The smallest absolute Gasteiger partial charge is 0.254 e. The Morgan fingerprint density at radius 3 is 2.83 bits per heavy atom. The number of amides is 2. The molecule has 2 aliphatic heterocycles. The van der Waals surface area contributed by atoms with E-state index < -0.39 is 0 Å². The van der Waals surface area contributed by atoms with Crippen LogP contribution in [0.15, 0.2) is 24.3 Å². The van der Waals surface area contributed by atoms with E-state index >= 15 is 0 Å². The number of phenolic OH excluding ortho intramolecular Hbond substituents is 1. The fourth-order valence-corrected chi connectivity index (χ4v) is 4.61. The number of hydrogen-bond acceptors (Lipinski definition) is 5. The average Bonchev–Trinajstić information content (AvgIpc) is 2.95. The Morgan fingerprint density at radius 1 is 1.42 bits per heavy atom. The van der Waals surface area contributed by atoms with Gasteiger partial charge in [0.1, 0.15) is 12.4 Å². The number of likely N-dealkylation sites (N-methyl/N-ethyl adjacent to an activating group) is 1. The van der Waals surface area contributed by atoms with Gasteiger partial charge in [0.05, 0.1) is 10.9 Å². The number of phenols is 1. The Morgan fingerprint density at radius 2 is 2.17 bits per heavy atom. The zero-order valence-corrected chi connectivity index (χ0v) is 14.7. The predicted octanol–water partition coefficient (Wildman–Crippen LogP) is 1.20. The van der Waals surface area contributed by atoms with E-state index in [0.717, 1.165) is 12.2 Å². The summed E-state index contributed by atoms with van der Waals surface area (Å²) in [5.41, 5.74) is 0.511. The van der Waals surface area contributed by atoms with Crippen molar-refractivity contribution in [2.75, 3.05) is 39.5 Å². The Balaban J connectivity index is 1.49. The second-order valence-corrected chi connectivity index (χ2v) is 8.12. The predicted molar refractivity (Wildman–Crippen MR) is 92.3 cm³/mol. The van der Waals surface area contributed by atoms with Gasteiger partial charge in [-0.25, -0.2) is 0 Å². The van der Waals surface area contributed by atoms with Crippen LogP contribution in [0.5, 0.6) is 5.75 Å². The van der Waals surface area contributed by atoms with Crippen molar-refractivity contribution in [2.45, 2.75) is 17.3 Å². The van der Waals surface area contributed by atoms with Crippen molar-refractivity contribution in [3.05, 3.63) is 29.8 Å². The molecule has 2 saturated heterocycles. The number of nitrogens with zero attached hydrogens (tertiary/aromatic N) is 2. The molecule has 130 valence electrons. The quantitative estimate of drug-likeness (QED) is 0.884. The second kappa shape index (κ2) is 6.64. The van der Waals surface area contributed by atoms with Gasteiger partial charge in [-0.3, -0.25) is 9.59 Å². The minimum atomic E-state index is -0.0516. The molecule has 2 fully saturated rings. The number of ether oxygens (including phenoxy) is 1. The fourth-order valence-electron chi connectivity index (χ4n) is 3.06. The van der Waals surface area contributed by atoms with E-state index in [1.807, 2.05) is 11.8 Å². The second-order valence-electron chi connectivity index (χ2n) is 6.63. The molecule has 1 aromatic carbocycles. The highest BCUT2D eigenvalue weighted by atomic mass is 32.2. The first-order valence-corrected chi connectivity index (χ1v) is 8.91. The molecule has 6 nitrogen and oxygen atoms in total. The minimum absolute atomic E-state index is 0.0322. The molecule has 0 radical (unpaired) electrons. The third-order valence-electron chi connectivity index (χ3n) is 4.45. The normalized spacial score (nSPS) is 21.6. The molecule has 1 spiro atoms. The number of likely N-dealkylation sites (tertiary alicyclic amines) is 1. The summed E-state index contributed by atoms with van der Waals surface area (Å²) in [6.07, 6.45) is 0.930. The number of hydrogen-bond donors (Lipinski definition) is 1. The first kappa shape index (κ1) is 17.1. The van der Waals surface area contributed by atoms with Gasteiger partial charge < -0.3 is 19.6 Å². The van der Waals surface area contributed by atoms with Crippen molar-refractivity contribution in [3.8, 4) is 5.75 Å². The molecule has 1 aromatic rings. The van der Waals surface area contributed by atoms with E-state index in [-0.39, 0.29) is 35.0 Å². The van der Waals surface area contributed by atoms with Crippen LogP contribution in [-0.4, -0.2) is 77.1 Å². The lowest BCUT2D eigenvalue weighted by molar-refractivity contribution is -0.135. The van der Waals surface area contributed by atoms with Gasteiger partial charge >= 0.3 is 0 Å². The maximum atomic E-state index is 12.4. The fraction of sp³-hybridized carbons (Fsp3) is 0.529. The summed E-state index contributed by atoms with van der Waals surface area (Å²) in [5, 5.41) is 9.49. The molecule has 0 saturated carbocycles. The number of rotatable bonds is 4. The molecule has 2 amide bonds. The zero-order chi connectivity index (χ0) is 17.3. The summed E-state index contributed by atoms with van der Waals surface area (Å²) < 4.78 is 5.76. The molecule has 0 aliphatic carbocycles. The number of carbonyl (C=O) groups is 2. The van der Waals surface area contributed by atoms with E-state index in [0.29, 0.717) is 18.7 Å². The van der Waals surface area contributed by atoms with Gasteiger partial charge in [-0.1, -0.05) is 6.07 Å². The maximum absolute atomic E-state index is 12.4. The Hall–Kier alpha value is -1.73. The van der Waals surface area contributed by atoms with E-state index in [9.17, 15) is 14.7 Å². The monoisotopic (exact) mass is 350 g/mol. The summed E-state index contributed by atoms with van der Waals surface area (Å²) in [6, 6.07) is 6.44. The van der Waals surface area contributed by atoms with Gasteiger partial charge in [-0.2, -0.15) is 0 Å². The largest absolute Gasteiger partial charge is 0.508 e. The van der Waals surface area contributed by atoms with Gasteiger partial charge in [-0.05, 0) is 24.6 Å². The van der Waals surface area contributed by atoms with E-state index in [1.165, 1.54) is 11.0 Å². The molecule has 2 heterocycles.